The third-order valence-corrected chi connectivity index (χ3v) is 2.43. The summed E-state index contributed by atoms with van der Waals surface area (Å²) >= 11 is 0. The summed E-state index contributed by atoms with van der Waals surface area (Å²) in [4.78, 5) is 4.30. The Morgan fingerprint density at radius 1 is 1.31 bits per heavy atom. The molecule has 0 aromatic carbocycles. The van der Waals surface area contributed by atoms with E-state index in [1.807, 2.05) is 18.5 Å². The Kier molecular flexibility index (Phi) is 4.08. The lowest BCUT2D eigenvalue weighted by Gasteiger charge is -2.23. The molecule has 1 atom stereocenters. The highest BCUT2D eigenvalue weighted by Gasteiger charge is 2.12. The first-order chi connectivity index (χ1) is 7.28. The van der Waals surface area contributed by atoms with Crippen LogP contribution in [0.1, 0.15) is 39.3 Å². The minimum atomic E-state index is 0.182. The zero-order valence-corrected chi connectivity index (χ0v) is 11.3. The van der Waals surface area contributed by atoms with Crippen molar-refractivity contribution in [1.29, 1.82) is 0 Å². The van der Waals surface area contributed by atoms with Crippen LogP contribution in [-0.4, -0.2) is 26.8 Å². The fraction of sp³-hybridized carbons (Fsp3) is 0.833. The fourth-order valence-electron chi connectivity index (χ4n) is 1.57. The first kappa shape index (κ1) is 13.2. The van der Waals surface area contributed by atoms with E-state index in [2.05, 4.69) is 43.1 Å². The molecule has 0 aliphatic heterocycles. The molecule has 0 saturated heterocycles. The third kappa shape index (κ3) is 4.31. The van der Waals surface area contributed by atoms with Crippen molar-refractivity contribution in [3.63, 3.8) is 0 Å². The molecule has 0 amide bonds. The maximum atomic E-state index is 4.37. The Labute approximate surface area is 98.5 Å². The Balaban J connectivity index is 2.45. The number of nitrogens with zero attached hydrogens (tertiary/aromatic N) is 3. The van der Waals surface area contributed by atoms with E-state index in [-0.39, 0.29) is 5.54 Å². The lowest BCUT2D eigenvalue weighted by molar-refractivity contribution is 0.349. The Hall–Kier alpha value is -0.900. The van der Waals surface area contributed by atoms with Gasteiger partial charge in [0.25, 0.3) is 0 Å². The molecule has 0 saturated carbocycles. The average molecular weight is 224 g/mol. The van der Waals surface area contributed by atoms with Crippen LogP contribution in [0.4, 0.5) is 0 Å². The first-order valence-electron chi connectivity index (χ1n) is 5.91. The van der Waals surface area contributed by atoms with Gasteiger partial charge in [0.15, 0.2) is 0 Å². The molecule has 0 aliphatic rings. The molecule has 0 aliphatic carbocycles. The monoisotopic (exact) mass is 224 g/mol. The van der Waals surface area contributed by atoms with Gasteiger partial charge in [0.2, 0.25) is 0 Å². The van der Waals surface area contributed by atoms with Gasteiger partial charge >= 0.3 is 0 Å². The van der Waals surface area contributed by atoms with Crippen molar-refractivity contribution in [3.05, 3.63) is 11.6 Å². The van der Waals surface area contributed by atoms with Crippen LogP contribution in [0.5, 0.6) is 0 Å². The Morgan fingerprint density at radius 2 is 1.94 bits per heavy atom. The molecule has 0 bridgehead atoms. The number of rotatable bonds is 4. The number of aromatic nitrogens is 3. The lowest BCUT2D eigenvalue weighted by atomic mass is 10.1. The lowest BCUT2D eigenvalue weighted by Crippen LogP contribution is -2.39. The topological polar surface area (TPSA) is 42.7 Å². The van der Waals surface area contributed by atoms with E-state index >= 15 is 0 Å². The van der Waals surface area contributed by atoms with Gasteiger partial charge in [0, 0.05) is 12.1 Å². The van der Waals surface area contributed by atoms with Gasteiger partial charge in [-0.25, -0.2) is 9.67 Å². The molecule has 0 fully saturated rings. The maximum absolute atomic E-state index is 4.37. The smallest absolute Gasteiger partial charge is 0.147 e. The van der Waals surface area contributed by atoms with Crippen LogP contribution in [0.15, 0.2) is 0 Å². The van der Waals surface area contributed by atoms with Crippen molar-refractivity contribution >= 4 is 0 Å². The van der Waals surface area contributed by atoms with Crippen LogP contribution >= 0.6 is 0 Å². The Morgan fingerprint density at radius 3 is 2.38 bits per heavy atom. The summed E-state index contributed by atoms with van der Waals surface area (Å²) in [6.07, 6.45) is 0. The minimum absolute atomic E-state index is 0.182. The predicted octanol–water partition coefficient (Wildman–Crippen LogP) is 1.92. The molecule has 1 rings (SSSR count). The highest BCUT2D eigenvalue weighted by molar-refractivity contribution is 4.87. The number of aryl methyl sites for hydroxylation is 2. The summed E-state index contributed by atoms with van der Waals surface area (Å²) in [7, 11) is 0. The molecular weight excluding hydrogens is 200 g/mol. The van der Waals surface area contributed by atoms with E-state index in [1.165, 1.54) is 0 Å². The molecule has 1 aromatic heterocycles. The van der Waals surface area contributed by atoms with Gasteiger partial charge in [0.05, 0.1) is 0 Å². The van der Waals surface area contributed by atoms with Crippen molar-refractivity contribution < 1.29 is 0 Å². The van der Waals surface area contributed by atoms with E-state index in [0.717, 1.165) is 24.7 Å². The first-order valence-corrected chi connectivity index (χ1v) is 5.91. The zero-order chi connectivity index (χ0) is 12.3. The summed E-state index contributed by atoms with van der Waals surface area (Å²) in [5, 5.41) is 7.88. The zero-order valence-electron chi connectivity index (χ0n) is 11.3. The molecule has 0 radical (unpaired) electrons. The quantitative estimate of drug-likeness (QED) is 0.849. The van der Waals surface area contributed by atoms with Crippen molar-refractivity contribution in [2.45, 2.75) is 53.6 Å². The predicted molar refractivity (Wildman–Crippen MR) is 66.4 cm³/mol. The fourth-order valence-corrected chi connectivity index (χ4v) is 1.57. The van der Waals surface area contributed by atoms with Gasteiger partial charge in [-0.2, -0.15) is 5.10 Å². The third-order valence-electron chi connectivity index (χ3n) is 2.43. The molecule has 4 nitrogen and oxygen atoms in total. The summed E-state index contributed by atoms with van der Waals surface area (Å²) < 4.78 is 1.99. The molecule has 0 spiro atoms. The van der Waals surface area contributed by atoms with E-state index < -0.39 is 0 Å². The second-order valence-electron chi connectivity index (χ2n) is 5.62. The SMILES string of the molecule is Cc1nc(C)n(CC(C)CNC(C)(C)C)n1. The molecule has 1 N–H and O–H groups in total. The summed E-state index contributed by atoms with van der Waals surface area (Å²) in [6.45, 7) is 14.7. The Bertz CT molecular complexity index is 335. The van der Waals surface area contributed by atoms with Crippen LogP contribution in [-0.2, 0) is 6.54 Å². The van der Waals surface area contributed by atoms with Gasteiger partial charge in [0.1, 0.15) is 11.6 Å². The van der Waals surface area contributed by atoms with E-state index in [1.54, 1.807) is 0 Å². The standard InChI is InChI=1S/C12H24N4/c1-9(7-13-12(4,5)6)8-16-11(3)14-10(2)15-16/h9,13H,7-8H2,1-6H3. The van der Waals surface area contributed by atoms with Crippen LogP contribution in [0, 0.1) is 19.8 Å². The molecule has 1 heterocycles. The summed E-state index contributed by atoms with van der Waals surface area (Å²) in [6, 6.07) is 0. The molecular formula is C12H24N4. The number of hydrogen-bond donors (Lipinski definition) is 1. The molecule has 4 heteroatoms. The average Bonchev–Trinajstić information content (AvgIpc) is 2.41. The van der Waals surface area contributed by atoms with Gasteiger partial charge in [-0.3, -0.25) is 0 Å². The molecule has 16 heavy (non-hydrogen) atoms. The highest BCUT2D eigenvalue weighted by atomic mass is 15.3. The van der Waals surface area contributed by atoms with Crippen molar-refractivity contribution in [1.82, 2.24) is 20.1 Å². The van der Waals surface area contributed by atoms with E-state index in [4.69, 9.17) is 0 Å². The molecule has 92 valence electrons. The van der Waals surface area contributed by atoms with Crippen molar-refractivity contribution in [3.8, 4) is 0 Å². The van der Waals surface area contributed by atoms with Crippen LogP contribution < -0.4 is 5.32 Å². The maximum Gasteiger partial charge on any atom is 0.147 e. The van der Waals surface area contributed by atoms with Gasteiger partial charge in [-0.1, -0.05) is 6.92 Å². The van der Waals surface area contributed by atoms with Crippen molar-refractivity contribution in [2.75, 3.05) is 6.54 Å². The largest absolute Gasteiger partial charge is 0.312 e. The second kappa shape index (κ2) is 4.95. The van der Waals surface area contributed by atoms with Crippen LogP contribution in [0.25, 0.3) is 0 Å². The summed E-state index contributed by atoms with van der Waals surface area (Å²) in [5.41, 5.74) is 0.182. The van der Waals surface area contributed by atoms with Crippen LogP contribution in [0.2, 0.25) is 0 Å². The van der Waals surface area contributed by atoms with E-state index in [0.29, 0.717) is 5.92 Å². The minimum Gasteiger partial charge on any atom is -0.312 e. The number of nitrogens with one attached hydrogen (secondary N) is 1. The number of hydrogen-bond acceptors (Lipinski definition) is 3. The van der Waals surface area contributed by atoms with Crippen molar-refractivity contribution in [2.24, 2.45) is 5.92 Å². The van der Waals surface area contributed by atoms with Crippen LogP contribution in [0.3, 0.4) is 0 Å². The van der Waals surface area contributed by atoms with E-state index in [9.17, 15) is 0 Å². The molecule has 1 aromatic rings. The van der Waals surface area contributed by atoms with Gasteiger partial charge in [-0.15, -0.1) is 0 Å². The second-order valence-corrected chi connectivity index (χ2v) is 5.62. The molecule has 1 unspecified atom stereocenters. The summed E-state index contributed by atoms with van der Waals surface area (Å²) in [5.74, 6) is 2.41. The van der Waals surface area contributed by atoms with Gasteiger partial charge < -0.3 is 5.32 Å². The highest BCUT2D eigenvalue weighted by Crippen LogP contribution is 2.05. The van der Waals surface area contributed by atoms with Gasteiger partial charge in [-0.05, 0) is 47.1 Å². The normalized spacial score (nSPS) is 14.1.